The fourth-order valence-corrected chi connectivity index (χ4v) is 1.92. The van der Waals surface area contributed by atoms with Crippen molar-refractivity contribution in [2.45, 2.75) is 51.6 Å². The summed E-state index contributed by atoms with van der Waals surface area (Å²) in [5, 5.41) is 8.93. The molecule has 1 atom stereocenters. The summed E-state index contributed by atoms with van der Waals surface area (Å²) in [5.74, 6) is 0.139. The first-order valence-electron chi connectivity index (χ1n) is 6.45. The molecule has 1 unspecified atom stereocenters. The average Bonchev–Trinajstić information content (AvgIpc) is 2.35. The largest absolute Gasteiger partial charge is 0.355 e. The summed E-state index contributed by atoms with van der Waals surface area (Å²) in [6.07, 6.45) is 3.28. The Morgan fingerprint density at radius 3 is 2.71 bits per heavy atom. The summed E-state index contributed by atoms with van der Waals surface area (Å²) in [6.45, 7) is 5.09. The summed E-state index contributed by atoms with van der Waals surface area (Å²) < 4.78 is 0. The standard InChI is InChI=1S/C12H23N3O2/c1-3-9(4-2)15-12(17)8-13-10-5-6-11(16)14-7-10/h9-10,13H,3-8H2,1-2H3,(H,14,16)(H,15,17). The van der Waals surface area contributed by atoms with E-state index in [1.807, 2.05) is 0 Å². The van der Waals surface area contributed by atoms with Gasteiger partial charge in [0.25, 0.3) is 0 Å². The molecule has 1 saturated heterocycles. The second kappa shape index (κ2) is 7.27. The van der Waals surface area contributed by atoms with Crippen LogP contribution in [0.15, 0.2) is 0 Å². The smallest absolute Gasteiger partial charge is 0.234 e. The lowest BCUT2D eigenvalue weighted by Gasteiger charge is -2.23. The van der Waals surface area contributed by atoms with E-state index >= 15 is 0 Å². The maximum atomic E-state index is 11.6. The molecule has 0 saturated carbocycles. The molecular formula is C12H23N3O2. The number of piperidine rings is 1. The molecule has 1 rings (SSSR count). The Morgan fingerprint density at radius 2 is 2.18 bits per heavy atom. The lowest BCUT2D eigenvalue weighted by Crippen LogP contribution is -2.49. The third kappa shape index (κ3) is 5.17. The minimum Gasteiger partial charge on any atom is -0.355 e. The Balaban J connectivity index is 2.17. The van der Waals surface area contributed by atoms with Crippen LogP contribution in [0.25, 0.3) is 0 Å². The second-order valence-electron chi connectivity index (χ2n) is 4.50. The van der Waals surface area contributed by atoms with Gasteiger partial charge < -0.3 is 16.0 Å². The Bertz CT molecular complexity index is 254. The molecule has 1 fully saturated rings. The first-order valence-corrected chi connectivity index (χ1v) is 6.45. The van der Waals surface area contributed by atoms with Crippen molar-refractivity contribution in [2.24, 2.45) is 0 Å². The van der Waals surface area contributed by atoms with Crippen LogP contribution >= 0.6 is 0 Å². The molecule has 0 radical (unpaired) electrons. The molecule has 2 amide bonds. The molecule has 17 heavy (non-hydrogen) atoms. The van der Waals surface area contributed by atoms with Gasteiger partial charge in [-0.3, -0.25) is 9.59 Å². The van der Waals surface area contributed by atoms with Gasteiger partial charge in [0.1, 0.15) is 0 Å². The molecule has 0 aromatic carbocycles. The normalized spacial score (nSPS) is 20.2. The van der Waals surface area contributed by atoms with E-state index in [0.29, 0.717) is 19.5 Å². The predicted octanol–water partition coefficient (Wildman–Crippen LogP) is 0.159. The van der Waals surface area contributed by atoms with Crippen molar-refractivity contribution in [3.63, 3.8) is 0 Å². The number of hydrogen-bond donors (Lipinski definition) is 3. The molecule has 98 valence electrons. The Hall–Kier alpha value is -1.10. The second-order valence-corrected chi connectivity index (χ2v) is 4.50. The minimum absolute atomic E-state index is 0.0376. The van der Waals surface area contributed by atoms with Gasteiger partial charge >= 0.3 is 0 Å². The van der Waals surface area contributed by atoms with Gasteiger partial charge in [-0.15, -0.1) is 0 Å². The van der Waals surface area contributed by atoms with Gasteiger partial charge in [0.15, 0.2) is 0 Å². The highest BCUT2D eigenvalue weighted by Gasteiger charge is 2.18. The van der Waals surface area contributed by atoms with Crippen LogP contribution in [0.1, 0.15) is 39.5 Å². The van der Waals surface area contributed by atoms with Crippen molar-refractivity contribution in [1.29, 1.82) is 0 Å². The van der Waals surface area contributed by atoms with E-state index in [9.17, 15) is 9.59 Å². The van der Waals surface area contributed by atoms with Crippen LogP contribution in [0.2, 0.25) is 0 Å². The van der Waals surface area contributed by atoms with Gasteiger partial charge in [-0.05, 0) is 19.3 Å². The van der Waals surface area contributed by atoms with E-state index in [2.05, 4.69) is 29.8 Å². The first kappa shape index (κ1) is 14.0. The van der Waals surface area contributed by atoms with Crippen LogP contribution in [-0.4, -0.2) is 37.0 Å². The number of carbonyl (C=O) groups excluding carboxylic acids is 2. The minimum atomic E-state index is 0.0376. The molecule has 3 N–H and O–H groups in total. The van der Waals surface area contributed by atoms with Crippen molar-refractivity contribution in [3.8, 4) is 0 Å². The summed E-state index contributed by atoms with van der Waals surface area (Å²) in [5.41, 5.74) is 0. The number of amides is 2. The summed E-state index contributed by atoms with van der Waals surface area (Å²) in [4.78, 5) is 22.6. The van der Waals surface area contributed by atoms with E-state index in [0.717, 1.165) is 19.3 Å². The van der Waals surface area contributed by atoms with Gasteiger partial charge in [-0.2, -0.15) is 0 Å². The molecule has 0 aliphatic carbocycles. The van der Waals surface area contributed by atoms with E-state index < -0.39 is 0 Å². The van der Waals surface area contributed by atoms with Crippen molar-refractivity contribution >= 4 is 11.8 Å². The zero-order valence-corrected chi connectivity index (χ0v) is 10.7. The molecule has 5 nitrogen and oxygen atoms in total. The van der Waals surface area contributed by atoms with Crippen LogP contribution < -0.4 is 16.0 Å². The molecule has 0 aromatic heterocycles. The van der Waals surface area contributed by atoms with Gasteiger partial charge in [0.2, 0.25) is 11.8 Å². The molecule has 5 heteroatoms. The van der Waals surface area contributed by atoms with E-state index in [4.69, 9.17) is 0 Å². The summed E-state index contributed by atoms with van der Waals surface area (Å²) >= 11 is 0. The van der Waals surface area contributed by atoms with Crippen molar-refractivity contribution in [3.05, 3.63) is 0 Å². The van der Waals surface area contributed by atoms with Gasteiger partial charge in [0, 0.05) is 25.0 Å². The monoisotopic (exact) mass is 241 g/mol. The highest BCUT2D eigenvalue weighted by Crippen LogP contribution is 2.02. The molecule has 0 spiro atoms. The fraction of sp³-hybridized carbons (Fsp3) is 0.833. The maximum Gasteiger partial charge on any atom is 0.234 e. The van der Waals surface area contributed by atoms with Gasteiger partial charge in [-0.1, -0.05) is 13.8 Å². The highest BCUT2D eigenvalue weighted by atomic mass is 16.2. The van der Waals surface area contributed by atoms with E-state index in [1.165, 1.54) is 0 Å². The highest BCUT2D eigenvalue weighted by molar-refractivity contribution is 5.78. The van der Waals surface area contributed by atoms with Crippen LogP contribution in [0.4, 0.5) is 0 Å². The van der Waals surface area contributed by atoms with E-state index in [1.54, 1.807) is 0 Å². The Labute approximate surface area is 103 Å². The van der Waals surface area contributed by atoms with Gasteiger partial charge in [0.05, 0.1) is 6.54 Å². The van der Waals surface area contributed by atoms with Crippen LogP contribution in [-0.2, 0) is 9.59 Å². The van der Waals surface area contributed by atoms with Crippen LogP contribution in [0.5, 0.6) is 0 Å². The third-order valence-corrected chi connectivity index (χ3v) is 3.17. The first-order chi connectivity index (χ1) is 8.15. The van der Waals surface area contributed by atoms with Crippen LogP contribution in [0.3, 0.4) is 0 Å². The zero-order chi connectivity index (χ0) is 12.7. The molecule has 1 heterocycles. The van der Waals surface area contributed by atoms with E-state index in [-0.39, 0.29) is 23.9 Å². The summed E-state index contributed by atoms with van der Waals surface area (Å²) in [7, 11) is 0. The average molecular weight is 241 g/mol. The zero-order valence-electron chi connectivity index (χ0n) is 10.7. The molecular weight excluding hydrogens is 218 g/mol. The van der Waals surface area contributed by atoms with Gasteiger partial charge in [-0.25, -0.2) is 0 Å². The number of nitrogens with one attached hydrogen (secondary N) is 3. The third-order valence-electron chi connectivity index (χ3n) is 3.17. The van der Waals surface area contributed by atoms with Crippen molar-refractivity contribution in [1.82, 2.24) is 16.0 Å². The Morgan fingerprint density at radius 1 is 1.47 bits per heavy atom. The number of hydrogen-bond acceptors (Lipinski definition) is 3. The molecule has 0 bridgehead atoms. The number of rotatable bonds is 6. The lowest BCUT2D eigenvalue weighted by molar-refractivity contribution is -0.122. The van der Waals surface area contributed by atoms with Crippen molar-refractivity contribution in [2.75, 3.05) is 13.1 Å². The summed E-state index contributed by atoms with van der Waals surface area (Å²) in [6, 6.07) is 0.496. The van der Waals surface area contributed by atoms with Crippen LogP contribution in [0, 0.1) is 0 Å². The fourth-order valence-electron chi connectivity index (χ4n) is 1.92. The maximum absolute atomic E-state index is 11.6. The lowest BCUT2D eigenvalue weighted by atomic mass is 10.1. The van der Waals surface area contributed by atoms with Crippen molar-refractivity contribution < 1.29 is 9.59 Å². The predicted molar refractivity (Wildman–Crippen MR) is 66.5 cm³/mol. The number of carbonyl (C=O) groups is 2. The molecule has 1 aliphatic rings. The topological polar surface area (TPSA) is 70.2 Å². The Kier molecular flexibility index (Phi) is 5.97. The molecule has 0 aromatic rings. The quantitative estimate of drug-likeness (QED) is 0.620. The molecule has 1 aliphatic heterocycles. The SMILES string of the molecule is CCC(CC)NC(=O)CNC1CCC(=O)NC1.